The van der Waals surface area contributed by atoms with Crippen molar-refractivity contribution < 1.29 is 0 Å². The van der Waals surface area contributed by atoms with Gasteiger partial charge in [-0.15, -0.1) is 0 Å². The summed E-state index contributed by atoms with van der Waals surface area (Å²) in [6.07, 6.45) is 0.997. The Hall–Kier alpha value is -0.700. The lowest BCUT2D eigenvalue weighted by molar-refractivity contribution is 0.922. The molecular weight excluding hydrogens is 144 g/mol. The Labute approximate surface area is 65.3 Å². The van der Waals surface area contributed by atoms with Gasteiger partial charge in [0, 0.05) is 0 Å². The fourth-order valence-electron chi connectivity index (χ4n) is 0.864. The van der Waals surface area contributed by atoms with Gasteiger partial charge in [0.05, 0.1) is 5.69 Å². The van der Waals surface area contributed by atoms with Crippen LogP contribution in [0.4, 0.5) is 0 Å². The van der Waals surface area contributed by atoms with E-state index in [0.717, 1.165) is 12.1 Å². The van der Waals surface area contributed by atoms with Crippen LogP contribution in [0.25, 0.3) is 0 Å². The van der Waals surface area contributed by atoms with E-state index in [-0.39, 0.29) is 0 Å². The van der Waals surface area contributed by atoms with Gasteiger partial charge in [-0.3, -0.25) is 5.10 Å². The first-order chi connectivity index (χ1) is 4.74. The van der Waals surface area contributed by atoms with Crippen LogP contribution < -0.4 is 0 Å². The highest BCUT2D eigenvalue weighted by Crippen LogP contribution is 2.02. The molecule has 1 aromatic rings. The maximum Gasteiger partial charge on any atom is 0.119 e. The third kappa shape index (κ3) is 1.42. The Kier molecular flexibility index (Phi) is 2.17. The lowest BCUT2D eigenvalue weighted by Crippen LogP contribution is -1.93. The molecule has 0 saturated carbocycles. The molecule has 1 aromatic heterocycles. The molecule has 1 heterocycles. The number of aromatic nitrogens is 2. The first kappa shape index (κ1) is 7.41. The fourth-order valence-corrected chi connectivity index (χ4v) is 1.05. The first-order valence-corrected chi connectivity index (χ1v) is 3.70. The first-order valence-electron chi connectivity index (χ1n) is 3.29. The minimum absolute atomic E-state index is 0.711. The number of aryl methyl sites for hydroxylation is 2. The average Bonchev–Trinajstić information content (AvgIpc) is 1.94. The molecule has 0 bridgehead atoms. The zero-order chi connectivity index (χ0) is 7.56. The molecular formula is C7H10N2S. The quantitative estimate of drug-likeness (QED) is 0.627. The van der Waals surface area contributed by atoms with E-state index >= 15 is 0 Å². The molecule has 10 heavy (non-hydrogen) atoms. The standard InChI is InChI=1S/C7H10N2S/c1-3-6-4-7(10)9-8-5(6)2/h4H,3H2,1-2H3,(H,9,10). The SMILES string of the molecule is CCc1cc(=S)[nH]nc1C. The van der Waals surface area contributed by atoms with Crippen molar-refractivity contribution in [1.82, 2.24) is 10.2 Å². The van der Waals surface area contributed by atoms with Gasteiger partial charge in [0.1, 0.15) is 4.64 Å². The van der Waals surface area contributed by atoms with Crippen molar-refractivity contribution >= 4 is 12.2 Å². The summed E-state index contributed by atoms with van der Waals surface area (Å²) in [6, 6.07) is 1.96. The van der Waals surface area contributed by atoms with Crippen LogP contribution in [0.1, 0.15) is 18.2 Å². The lowest BCUT2D eigenvalue weighted by Gasteiger charge is -1.98. The van der Waals surface area contributed by atoms with Crippen molar-refractivity contribution in [3.63, 3.8) is 0 Å². The summed E-state index contributed by atoms with van der Waals surface area (Å²) < 4.78 is 0.711. The summed E-state index contributed by atoms with van der Waals surface area (Å²) in [7, 11) is 0. The van der Waals surface area contributed by atoms with Gasteiger partial charge in [0.2, 0.25) is 0 Å². The monoisotopic (exact) mass is 154 g/mol. The maximum absolute atomic E-state index is 4.91. The van der Waals surface area contributed by atoms with E-state index in [4.69, 9.17) is 12.2 Å². The highest BCUT2D eigenvalue weighted by Gasteiger charge is 1.93. The molecule has 0 fully saturated rings. The summed E-state index contributed by atoms with van der Waals surface area (Å²) in [5.41, 5.74) is 2.26. The van der Waals surface area contributed by atoms with Gasteiger partial charge in [-0.05, 0) is 25.0 Å². The Morgan fingerprint density at radius 3 is 2.90 bits per heavy atom. The molecule has 1 N–H and O–H groups in total. The van der Waals surface area contributed by atoms with Gasteiger partial charge in [-0.25, -0.2) is 0 Å². The van der Waals surface area contributed by atoms with Crippen LogP contribution in [-0.4, -0.2) is 10.2 Å². The summed E-state index contributed by atoms with van der Waals surface area (Å²) in [5, 5.41) is 6.76. The van der Waals surface area contributed by atoms with E-state index in [0.29, 0.717) is 4.64 Å². The molecule has 0 aliphatic heterocycles. The van der Waals surface area contributed by atoms with Gasteiger partial charge >= 0.3 is 0 Å². The van der Waals surface area contributed by atoms with Gasteiger partial charge in [-0.2, -0.15) is 5.10 Å². The maximum atomic E-state index is 4.91. The smallest absolute Gasteiger partial charge is 0.119 e. The molecule has 1 rings (SSSR count). The molecule has 0 spiro atoms. The zero-order valence-electron chi connectivity index (χ0n) is 6.14. The highest BCUT2D eigenvalue weighted by molar-refractivity contribution is 7.71. The lowest BCUT2D eigenvalue weighted by atomic mass is 10.2. The van der Waals surface area contributed by atoms with E-state index in [1.54, 1.807) is 0 Å². The third-order valence-corrected chi connectivity index (χ3v) is 1.69. The van der Waals surface area contributed by atoms with E-state index in [9.17, 15) is 0 Å². The van der Waals surface area contributed by atoms with Crippen molar-refractivity contribution in [2.24, 2.45) is 0 Å². The predicted molar refractivity (Wildman–Crippen MR) is 43.5 cm³/mol. The summed E-state index contributed by atoms with van der Waals surface area (Å²) in [6.45, 7) is 4.07. The van der Waals surface area contributed by atoms with Gasteiger partial charge < -0.3 is 0 Å². The summed E-state index contributed by atoms with van der Waals surface area (Å²) >= 11 is 4.91. The molecule has 3 heteroatoms. The second-order valence-electron chi connectivity index (χ2n) is 2.20. The van der Waals surface area contributed by atoms with Crippen LogP contribution in [0.2, 0.25) is 0 Å². The number of hydrogen-bond acceptors (Lipinski definition) is 2. The minimum Gasteiger partial charge on any atom is -0.268 e. The number of nitrogens with zero attached hydrogens (tertiary/aromatic N) is 1. The topological polar surface area (TPSA) is 28.7 Å². The normalized spacial score (nSPS) is 9.80. The zero-order valence-corrected chi connectivity index (χ0v) is 6.96. The molecule has 0 aliphatic rings. The van der Waals surface area contributed by atoms with Crippen molar-refractivity contribution in [2.75, 3.05) is 0 Å². The molecule has 0 saturated heterocycles. The average molecular weight is 154 g/mol. The Balaban J connectivity index is 3.22. The van der Waals surface area contributed by atoms with E-state index in [1.807, 2.05) is 13.0 Å². The van der Waals surface area contributed by atoms with Crippen LogP contribution in [0.3, 0.4) is 0 Å². The molecule has 2 nitrogen and oxygen atoms in total. The van der Waals surface area contributed by atoms with Crippen molar-refractivity contribution in [2.45, 2.75) is 20.3 Å². The van der Waals surface area contributed by atoms with Gasteiger partial charge in [0.25, 0.3) is 0 Å². The van der Waals surface area contributed by atoms with Crippen LogP contribution in [0.15, 0.2) is 6.07 Å². The second kappa shape index (κ2) is 2.92. The minimum atomic E-state index is 0.711. The number of H-pyrrole nitrogens is 1. The number of rotatable bonds is 1. The van der Waals surface area contributed by atoms with Crippen molar-refractivity contribution in [3.8, 4) is 0 Å². The number of nitrogens with one attached hydrogen (secondary N) is 1. The molecule has 0 atom stereocenters. The molecule has 54 valence electrons. The summed E-state index contributed by atoms with van der Waals surface area (Å²) in [5.74, 6) is 0. The molecule has 0 amide bonds. The number of hydrogen-bond donors (Lipinski definition) is 1. The van der Waals surface area contributed by atoms with Crippen LogP contribution in [0.5, 0.6) is 0 Å². The Morgan fingerprint density at radius 2 is 2.40 bits per heavy atom. The van der Waals surface area contributed by atoms with E-state index in [1.165, 1.54) is 5.56 Å². The van der Waals surface area contributed by atoms with Crippen LogP contribution in [-0.2, 0) is 6.42 Å². The van der Waals surface area contributed by atoms with Crippen molar-refractivity contribution in [3.05, 3.63) is 22.0 Å². The van der Waals surface area contributed by atoms with Gasteiger partial charge in [0.15, 0.2) is 0 Å². The van der Waals surface area contributed by atoms with E-state index in [2.05, 4.69) is 17.1 Å². The predicted octanol–water partition coefficient (Wildman–Crippen LogP) is 2.01. The Bertz CT molecular complexity index is 277. The highest BCUT2D eigenvalue weighted by atomic mass is 32.1. The van der Waals surface area contributed by atoms with E-state index < -0.39 is 0 Å². The second-order valence-corrected chi connectivity index (χ2v) is 2.64. The van der Waals surface area contributed by atoms with Gasteiger partial charge in [-0.1, -0.05) is 19.1 Å². The third-order valence-electron chi connectivity index (χ3n) is 1.48. The fraction of sp³-hybridized carbons (Fsp3) is 0.429. The Morgan fingerprint density at radius 1 is 1.70 bits per heavy atom. The molecule has 0 aliphatic carbocycles. The van der Waals surface area contributed by atoms with Crippen LogP contribution >= 0.6 is 12.2 Å². The summed E-state index contributed by atoms with van der Waals surface area (Å²) in [4.78, 5) is 0. The molecule has 0 radical (unpaired) electrons. The number of aromatic amines is 1. The van der Waals surface area contributed by atoms with Crippen molar-refractivity contribution in [1.29, 1.82) is 0 Å². The van der Waals surface area contributed by atoms with Crippen LogP contribution in [0, 0.1) is 11.6 Å². The molecule has 0 unspecified atom stereocenters. The molecule has 0 aromatic carbocycles. The largest absolute Gasteiger partial charge is 0.268 e.